The van der Waals surface area contributed by atoms with E-state index in [9.17, 15) is 9.59 Å². The first kappa shape index (κ1) is 18.9. The zero-order chi connectivity index (χ0) is 18.6. The SMILES string of the molecule is CC(C)(CNC(=O)c1ccc(CN2CCCC2=O)cc1)N1CCOCC1. The molecule has 0 aliphatic carbocycles. The Morgan fingerprint density at radius 3 is 2.46 bits per heavy atom. The van der Waals surface area contributed by atoms with E-state index in [-0.39, 0.29) is 17.4 Å². The molecule has 0 spiro atoms. The van der Waals surface area contributed by atoms with E-state index in [2.05, 4.69) is 24.1 Å². The molecule has 0 saturated carbocycles. The van der Waals surface area contributed by atoms with Gasteiger partial charge >= 0.3 is 0 Å². The summed E-state index contributed by atoms with van der Waals surface area (Å²) in [5, 5.41) is 3.05. The molecule has 2 aliphatic heterocycles. The van der Waals surface area contributed by atoms with Crippen molar-refractivity contribution in [3.63, 3.8) is 0 Å². The van der Waals surface area contributed by atoms with Gasteiger partial charge in [0.2, 0.25) is 5.91 Å². The van der Waals surface area contributed by atoms with Gasteiger partial charge in [0.15, 0.2) is 0 Å². The summed E-state index contributed by atoms with van der Waals surface area (Å²) in [7, 11) is 0. The first-order chi connectivity index (χ1) is 12.5. The number of carbonyl (C=O) groups is 2. The van der Waals surface area contributed by atoms with Crippen LogP contribution >= 0.6 is 0 Å². The van der Waals surface area contributed by atoms with Crippen LogP contribution in [0.4, 0.5) is 0 Å². The maximum atomic E-state index is 12.5. The Morgan fingerprint density at radius 2 is 1.85 bits per heavy atom. The van der Waals surface area contributed by atoms with Gasteiger partial charge in [-0.3, -0.25) is 14.5 Å². The van der Waals surface area contributed by atoms with E-state index in [1.165, 1.54) is 0 Å². The average Bonchev–Trinajstić information content (AvgIpc) is 3.06. The zero-order valence-electron chi connectivity index (χ0n) is 15.8. The molecule has 0 radical (unpaired) electrons. The number of benzene rings is 1. The van der Waals surface area contributed by atoms with Crippen molar-refractivity contribution in [2.24, 2.45) is 0 Å². The van der Waals surface area contributed by atoms with Crippen molar-refractivity contribution in [3.8, 4) is 0 Å². The normalized spacial score (nSPS) is 19.0. The summed E-state index contributed by atoms with van der Waals surface area (Å²) in [5.74, 6) is 0.160. The second kappa shape index (κ2) is 8.18. The molecule has 2 aliphatic rings. The maximum absolute atomic E-state index is 12.5. The molecule has 142 valence electrons. The highest BCUT2D eigenvalue weighted by Crippen LogP contribution is 2.17. The Kier molecular flexibility index (Phi) is 5.94. The topological polar surface area (TPSA) is 61.9 Å². The Balaban J connectivity index is 1.52. The molecule has 0 aromatic heterocycles. The first-order valence-corrected chi connectivity index (χ1v) is 9.43. The monoisotopic (exact) mass is 359 g/mol. The van der Waals surface area contributed by atoms with Gasteiger partial charge in [0.25, 0.3) is 5.91 Å². The summed E-state index contributed by atoms with van der Waals surface area (Å²) in [6.45, 7) is 9.64. The van der Waals surface area contributed by atoms with E-state index in [1.807, 2.05) is 29.2 Å². The lowest BCUT2D eigenvalue weighted by molar-refractivity contribution is -0.128. The van der Waals surface area contributed by atoms with Gasteiger partial charge in [-0.2, -0.15) is 0 Å². The molecule has 2 amide bonds. The van der Waals surface area contributed by atoms with Crippen LogP contribution in [0.3, 0.4) is 0 Å². The van der Waals surface area contributed by atoms with Crippen LogP contribution < -0.4 is 5.32 Å². The third-order valence-corrected chi connectivity index (χ3v) is 5.31. The number of hydrogen-bond donors (Lipinski definition) is 1. The van der Waals surface area contributed by atoms with E-state index in [4.69, 9.17) is 4.74 Å². The van der Waals surface area contributed by atoms with E-state index in [0.29, 0.717) is 25.1 Å². The van der Waals surface area contributed by atoms with Gasteiger partial charge < -0.3 is 15.0 Å². The van der Waals surface area contributed by atoms with Crippen molar-refractivity contribution in [1.82, 2.24) is 15.1 Å². The van der Waals surface area contributed by atoms with Crippen LogP contribution in [-0.2, 0) is 16.1 Å². The molecule has 2 saturated heterocycles. The summed E-state index contributed by atoms with van der Waals surface area (Å²) in [5.41, 5.74) is 1.61. The summed E-state index contributed by atoms with van der Waals surface area (Å²) < 4.78 is 5.40. The molecule has 3 rings (SSSR count). The number of morpholine rings is 1. The van der Waals surface area contributed by atoms with Crippen LogP contribution in [0.2, 0.25) is 0 Å². The third-order valence-electron chi connectivity index (χ3n) is 5.31. The van der Waals surface area contributed by atoms with Crippen LogP contribution in [0.25, 0.3) is 0 Å². The number of carbonyl (C=O) groups excluding carboxylic acids is 2. The number of likely N-dealkylation sites (tertiary alicyclic amines) is 1. The summed E-state index contributed by atoms with van der Waals surface area (Å²) >= 11 is 0. The third kappa shape index (κ3) is 4.62. The van der Waals surface area contributed by atoms with E-state index < -0.39 is 0 Å². The molecule has 2 fully saturated rings. The Labute approximate surface area is 155 Å². The molecule has 0 bridgehead atoms. The minimum atomic E-state index is -0.102. The lowest BCUT2D eigenvalue weighted by atomic mass is 10.0. The molecule has 1 N–H and O–H groups in total. The minimum Gasteiger partial charge on any atom is -0.379 e. The van der Waals surface area contributed by atoms with Gasteiger partial charge in [0.1, 0.15) is 0 Å². The summed E-state index contributed by atoms with van der Waals surface area (Å²) in [6.07, 6.45) is 1.59. The van der Waals surface area contributed by atoms with Crippen molar-refractivity contribution in [2.45, 2.75) is 38.8 Å². The van der Waals surface area contributed by atoms with Crippen LogP contribution in [0, 0.1) is 0 Å². The van der Waals surface area contributed by atoms with Crippen LogP contribution in [0.1, 0.15) is 42.6 Å². The lowest BCUT2D eigenvalue weighted by Gasteiger charge is -2.40. The average molecular weight is 359 g/mol. The molecule has 6 nitrogen and oxygen atoms in total. The van der Waals surface area contributed by atoms with E-state index in [1.54, 1.807) is 0 Å². The first-order valence-electron chi connectivity index (χ1n) is 9.43. The van der Waals surface area contributed by atoms with Gasteiger partial charge in [-0.05, 0) is 38.0 Å². The van der Waals surface area contributed by atoms with Gasteiger partial charge in [0, 0.05) is 50.2 Å². The highest BCUT2D eigenvalue weighted by atomic mass is 16.5. The van der Waals surface area contributed by atoms with Crippen molar-refractivity contribution in [1.29, 1.82) is 0 Å². The van der Waals surface area contributed by atoms with Crippen LogP contribution in [-0.4, -0.2) is 66.5 Å². The lowest BCUT2D eigenvalue weighted by Crippen LogP contribution is -2.55. The Bertz CT molecular complexity index is 636. The van der Waals surface area contributed by atoms with Crippen molar-refractivity contribution < 1.29 is 14.3 Å². The number of rotatable bonds is 6. The second-order valence-corrected chi connectivity index (χ2v) is 7.71. The largest absolute Gasteiger partial charge is 0.379 e. The molecule has 6 heteroatoms. The fourth-order valence-electron chi connectivity index (χ4n) is 3.53. The number of nitrogens with one attached hydrogen (secondary N) is 1. The van der Waals surface area contributed by atoms with Crippen LogP contribution in [0.5, 0.6) is 0 Å². The molecule has 26 heavy (non-hydrogen) atoms. The molecule has 1 aromatic carbocycles. The fourth-order valence-corrected chi connectivity index (χ4v) is 3.53. The van der Waals surface area contributed by atoms with E-state index in [0.717, 1.165) is 44.8 Å². The quantitative estimate of drug-likeness (QED) is 0.839. The summed E-state index contributed by atoms with van der Waals surface area (Å²) in [6, 6.07) is 7.56. The number of hydrogen-bond acceptors (Lipinski definition) is 4. The second-order valence-electron chi connectivity index (χ2n) is 7.71. The number of nitrogens with zero attached hydrogens (tertiary/aromatic N) is 2. The highest BCUT2D eigenvalue weighted by molar-refractivity contribution is 5.94. The Hall–Kier alpha value is -1.92. The van der Waals surface area contributed by atoms with Crippen LogP contribution in [0.15, 0.2) is 24.3 Å². The molecule has 0 unspecified atom stereocenters. The zero-order valence-corrected chi connectivity index (χ0v) is 15.8. The maximum Gasteiger partial charge on any atom is 0.251 e. The van der Waals surface area contributed by atoms with Gasteiger partial charge in [-0.25, -0.2) is 0 Å². The summed E-state index contributed by atoms with van der Waals surface area (Å²) in [4.78, 5) is 28.4. The number of amides is 2. The smallest absolute Gasteiger partial charge is 0.251 e. The van der Waals surface area contributed by atoms with Crippen molar-refractivity contribution >= 4 is 11.8 Å². The number of ether oxygens (including phenoxy) is 1. The standard InChI is InChI=1S/C20H29N3O3/c1-20(2,23-10-12-26-13-11-23)15-21-19(25)17-7-5-16(6-8-17)14-22-9-3-4-18(22)24/h5-8H,3-4,9-15H2,1-2H3,(H,21,25). The van der Waals surface area contributed by atoms with Gasteiger partial charge in [-0.1, -0.05) is 12.1 Å². The van der Waals surface area contributed by atoms with Crippen molar-refractivity contribution in [2.75, 3.05) is 39.4 Å². The molecule has 2 heterocycles. The predicted octanol–water partition coefficient (Wildman–Crippen LogP) is 1.65. The molecular weight excluding hydrogens is 330 g/mol. The fraction of sp³-hybridized carbons (Fsp3) is 0.600. The minimum absolute atomic E-state index is 0.0601. The van der Waals surface area contributed by atoms with Gasteiger partial charge in [0.05, 0.1) is 13.2 Å². The van der Waals surface area contributed by atoms with E-state index >= 15 is 0 Å². The predicted molar refractivity (Wildman–Crippen MR) is 99.9 cm³/mol. The molecule has 0 atom stereocenters. The molecule has 1 aromatic rings. The van der Waals surface area contributed by atoms with Crippen molar-refractivity contribution in [3.05, 3.63) is 35.4 Å². The highest BCUT2D eigenvalue weighted by Gasteiger charge is 2.28. The van der Waals surface area contributed by atoms with Gasteiger partial charge in [-0.15, -0.1) is 0 Å². The Morgan fingerprint density at radius 1 is 1.15 bits per heavy atom. The molecular formula is C20H29N3O3.